The Morgan fingerprint density at radius 2 is 2.45 bits per heavy atom. The van der Waals surface area contributed by atoms with Gasteiger partial charge in [0.1, 0.15) is 0 Å². The molecule has 0 radical (unpaired) electrons. The van der Waals surface area contributed by atoms with Gasteiger partial charge >= 0.3 is 0 Å². The highest BCUT2D eigenvalue weighted by Gasteiger charge is 2.62. The van der Waals surface area contributed by atoms with Gasteiger partial charge in [-0.05, 0) is 26.9 Å². The van der Waals surface area contributed by atoms with Crippen molar-refractivity contribution in [2.45, 2.75) is 31.1 Å². The van der Waals surface area contributed by atoms with Gasteiger partial charge in [0.05, 0.1) is 17.2 Å². The van der Waals surface area contributed by atoms with Crippen LogP contribution in [0.15, 0.2) is 11.7 Å². The van der Waals surface area contributed by atoms with Crippen molar-refractivity contribution in [3.8, 4) is 0 Å². The zero-order valence-electron chi connectivity index (χ0n) is 12.3. The SMILES string of the molecule is CN(C)C[C@H]1[C@@H]2CC[C@@]3(CN(Cc4cncs4)C[C@@H]13)O2. The Hall–Kier alpha value is -0.490. The summed E-state index contributed by atoms with van der Waals surface area (Å²) in [4.78, 5) is 10.5. The number of likely N-dealkylation sites (tertiary alicyclic amines) is 1. The van der Waals surface area contributed by atoms with Gasteiger partial charge in [-0.15, -0.1) is 11.3 Å². The minimum absolute atomic E-state index is 0.177. The van der Waals surface area contributed by atoms with E-state index in [4.69, 9.17) is 4.74 Å². The summed E-state index contributed by atoms with van der Waals surface area (Å²) in [6, 6.07) is 0. The van der Waals surface area contributed by atoms with Crippen molar-refractivity contribution in [1.82, 2.24) is 14.8 Å². The van der Waals surface area contributed by atoms with Crippen LogP contribution in [0.1, 0.15) is 17.7 Å². The largest absolute Gasteiger partial charge is 0.370 e. The molecule has 5 heteroatoms. The molecule has 1 spiro atoms. The van der Waals surface area contributed by atoms with Crippen LogP contribution in [0.4, 0.5) is 0 Å². The number of hydrogen-bond donors (Lipinski definition) is 0. The van der Waals surface area contributed by atoms with Gasteiger partial charge in [0.2, 0.25) is 0 Å². The maximum absolute atomic E-state index is 6.47. The summed E-state index contributed by atoms with van der Waals surface area (Å²) >= 11 is 1.76. The van der Waals surface area contributed by atoms with E-state index in [1.54, 1.807) is 11.3 Å². The molecular weight excluding hydrogens is 270 g/mol. The third-order valence-corrected chi connectivity index (χ3v) is 6.06. The molecule has 20 heavy (non-hydrogen) atoms. The van der Waals surface area contributed by atoms with Crippen LogP contribution in [0.3, 0.4) is 0 Å². The molecule has 4 heterocycles. The van der Waals surface area contributed by atoms with E-state index in [0.29, 0.717) is 6.10 Å². The van der Waals surface area contributed by atoms with Crippen LogP contribution in [0, 0.1) is 11.8 Å². The first kappa shape index (κ1) is 13.2. The van der Waals surface area contributed by atoms with Gasteiger partial charge in [-0.2, -0.15) is 0 Å². The smallest absolute Gasteiger partial charge is 0.0858 e. The molecule has 110 valence electrons. The molecule has 3 aliphatic heterocycles. The molecule has 4 nitrogen and oxygen atoms in total. The van der Waals surface area contributed by atoms with E-state index in [9.17, 15) is 0 Å². The zero-order chi connectivity index (χ0) is 13.7. The summed E-state index contributed by atoms with van der Waals surface area (Å²) in [5.74, 6) is 1.46. The Kier molecular flexibility index (Phi) is 3.14. The van der Waals surface area contributed by atoms with Crippen molar-refractivity contribution in [3.05, 3.63) is 16.6 Å². The first-order valence-electron chi connectivity index (χ1n) is 7.58. The van der Waals surface area contributed by atoms with Crippen LogP contribution in [0.5, 0.6) is 0 Å². The van der Waals surface area contributed by atoms with Crippen LogP contribution in [0.25, 0.3) is 0 Å². The van der Waals surface area contributed by atoms with E-state index in [2.05, 4.69) is 28.9 Å². The molecule has 0 N–H and O–H groups in total. The number of nitrogens with zero attached hydrogens (tertiary/aromatic N) is 3. The first-order valence-corrected chi connectivity index (χ1v) is 8.46. The molecule has 0 saturated carbocycles. The molecule has 0 aromatic carbocycles. The molecule has 3 aliphatic rings. The Bertz CT molecular complexity index is 477. The molecule has 4 rings (SSSR count). The van der Waals surface area contributed by atoms with E-state index >= 15 is 0 Å². The van der Waals surface area contributed by atoms with Gasteiger partial charge in [0.25, 0.3) is 0 Å². The van der Waals surface area contributed by atoms with Gasteiger partial charge in [0.15, 0.2) is 0 Å². The molecule has 1 aromatic heterocycles. The molecule has 1 aromatic rings. The fourth-order valence-corrected chi connectivity index (χ4v) is 5.25. The van der Waals surface area contributed by atoms with Crippen molar-refractivity contribution in [3.63, 3.8) is 0 Å². The van der Waals surface area contributed by atoms with E-state index < -0.39 is 0 Å². The summed E-state index contributed by atoms with van der Waals surface area (Å²) in [7, 11) is 4.37. The summed E-state index contributed by atoms with van der Waals surface area (Å²) in [6.07, 6.45) is 5.06. The average molecular weight is 293 g/mol. The second-order valence-corrected chi connectivity index (χ2v) is 7.90. The van der Waals surface area contributed by atoms with Crippen molar-refractivity contribution in [2.24, 2.45) is 11.8 Å². The Morgan fingerprint density at radius 3 is 3.20 bits per heavy atom. The molecule has 2 bridgehead atoms. The third-order valence-electron chi connectivity index (χ3n) is 5.29. The highest BCUT2D eigenvalue weighted by molar-refractivity contribution is 7.09. The number of aromatic nitrogens is 1. The molecule has 0 amide bonds. The Labute approximate surface area is 124 Å². The lowest BCUT2D eigenvalue weighted by Crippen LogP contribution is -2.40. The van der Waals surface area contributed by atoms with Crippen molar-refractivity contribution in [1.29, 1.82) is 0 Å². The summed E-state index contributed by atoms with van der Waals surface area (Å²) < 4.78 is 6.47. The summed E-state index contributed by atoms with van der Waals surface area (Å²) in [6.45, 7) is 4.54. The average Bonchev–Trinajstić information content (AvgIpc) is 3.11. The van der Waals surface area contributed by atoms with E-state index in [0.717, 1.165) is 24.9 Å². The van der Waals surface area contributed by atoms with Crippen molar-refractivity contribution < 1.29 is 4.74 Å². The molecular formula is C15H23N3OS. The second kappa shape index (κ2) is 4.77. The van der Waals surface area contributed by atoms with E-state index in [-0.39, 0.29) is 5.60 Å². The standard InChI is InChI=1S/C15H23N3OS/c1-17(2)7-12-13-8-18(6-11-5-16-10-20-11)9-15(13)4-3-14(12)19-15/h5,10,12-14H,3-4,6-9H2,1-2H3/t12-,13+,14+,15+/m1/s1. The van der Waals surface area contributed by atoms with Gasteiger partial charge in [-0.3, -0.25) is 9.88 Å². The fourth-order valence-electron chi connectivity index (χ4n) is 4.61. The lowest BCUT2D eigenvalue weighted by molar-refractivity contribution is 0.00152. The van der Waals surface area contributed by atoms with Crippen LogP contribution in [-0.4, -0.2) is 60.2 Å². The highest BCUT2D eigenvalue weighted by atomic mass is 32.1. The van der Waals surface area contributed by atoms with E-state index in [1.165, 1.54) is 30.8 Å². The molecule has 3 fully saturated rings. The number of thiazole rings is 1. The number of fused-ring (bicyclic) bond motifs is 1. The monoisotopic (exact) mass is 293 g/mol. The lowest BCUT2D eigenvalue weighted by atomic mass is 9.73. The highest BCUT2D eigenvalue weighted by Crippen LogP contribution is 2.55. The predicted octanol–water partition coefficient (Wildman–Crippen LogP) is 1.68. The van der Waals surface area contributed by atoms with Crippen LogP contribution < -0.4 is 0 Å². The second-order valence-electron chi connectivity index (χ2n) is 6.93. The number of rotatable bonds is 4. The molecule has 0 aliphatic carbocycles. The molecule has 0 unspecified atom stereocenters. The van der Waals surface area contributed by atoms with Gasteiger partial charge in [-0.1, -0.05) is 0 Å². The number of ether oxygens (including phenoxy) is 1. The third kappa shape index (κ3) is 2.03. The maximum Gasteiger partial charge on any atom is 0.0858 e. The topological polar surface area (TPSA) is 28.6 Å². The zero-order valence-corrected chi connectivity index (χ0v) is 13.1. The van der Waals surface area contributed by atoms with Crippen molar-refractivity contribution in [2.75, 3.05) is 33.7 Å². The predicted molar refractivity (Wildman–Crippen MR) is 79.8 cm³/mol. The number of hydrogen-bond acceptors (Lipinski definition) is 5. The summed E-state index contributed by atoms with van der Waals surface area (Å²) in [5.41, 5.74) is 2.11. The van der Waals surface area contributed by atoms with Gasteiger partial charge in [-0.25, -0.2) is 0 Å². The molecule has 4 atom stereocenters. The Balaban J connectivity index is 1.49. The minimum atomic E-state index is 0.177. The lowest BCUT2D eigenvalue weighted by Gasteiger charge is -2.31. The van der Waals surface area contributed by atoms with Crippen LogP contribution in [0.2, 0.25) is 0 Å². The van der Waals surface area contributed by atoms with Crippen molar-refractivity contribution >= 4 is 11.3 Å². The van der Waals surface area contributed by atoms with Crippen LogP contribution >= 0.6 is 11.3 Å². The quantitative estimate of drug-likeness (QED) is 0.844. The Morgan fingerprint density at radius 1 is 1.55 bits per heavy atom. The fraction of sp³-hybridized carbons (Fsp3) is 0.800. The van der Waals surface area contributed by atoms with Crippen LogP contribution in [-0.2, 0) is 11.3 Å². The normalized spacial score (nSPS) is 39.9. The minimum Gasteiger partial charge on any atom is -0.370 e. The maximum atomic E-state index is 6.47. The van der Waals surface area contributed by atoms with Gasteiger partial charge in [0, 0.05) is 49.1 Å². The molecule has 3 saturated heterocycles. The first-order chi connectivity index (χ1) is 9.66. The van der Waals surface area contributed by atoms with E-state index in [1.807, 2.05) is 11.7 Å². The van der Waals surface area contributed by atoms with Gasteiger partial charge < -0.3 is 9.64 Å². The summed E-state index contributed by atoms with van der Waals surface area (Å²) in [5, 5.41) is 0.